The minimum Gasteiger partial charge on any atom is -0.371 e. The number of piperidine rings is 1. The van der Waals surface area contributed by atoms with E-state index in [1.807, 2.05) is 5.38 Å². The van der Waals surface area contributed by atoms with E-state index in [1.54, 1.807) is 11.3 Å². The van der Waals surface area contributed by atoms with E-state index >= 15 is 0 Å². The van der Waals surface area contributed by atoms with E-state index in [2.05, 4.69) is 21.7 Å². The summed E-state index contributed by atoms with van der Waals surface area (Å²) in [5.41, 5.74) is 1.62. The van der Waals surface area contributed by atoms with Gasteiger partial charge in [0.2, 0.25) is 0 Å². The quantitative estimate of drug-likeness (QED) is 0.766. The molecule has 1 saturated carbocycles. The van der Waals surface area contributed by atoms with Crippen LogP contribution in [0.4, 0.5) is 13.2 Å². The molecule has 0 radical (unpaired) electrons. The standard InChI is InChI=1S/C16H23F3N2OS/c17-16(18,19)12-22-7-6-21(10-13-1-8-23-11-13)14-9-15(14)2-4-20-5-3-15/h1,8,11,14,20H,2-7,9-10,12H2/t14-/m0/s1. The summed E-state index contributed by atoms with van der Waals surface area (Å²) in [6.07, 6.45) is -0.742. The first-order valence-electron chi connectivity index (χ1n) is 8.09. The molecule has 0 aromatic carbocycles. The van der Waals surface area contributed by atoms with Gasteiger partial charge in [0.05, 0.1) is 6.61 Å². The molecule has 2 aliphatic rings. The molecule has 0 amide bonds. The Morgan fingerprint density at radius 2 is 2.13 bits per heavy atom. The molecule has 2 heterocycles. The molecule has 1 saturated heterocycles. The van der Waals surface area contributed by atoms with E-state index in [4.69, 9.17) is 4.74 Å². The van der Waals surface area contributed by atoms with Crippen molar-refractivity contribution in [3.8, 4) is 0 Å². The van der Waals surface area contributed by atoms with Crippen molar-refractivity contribution >= 4 is 11.3 Å². The number of halogens is 3. The first-order chi connectivity index (χ1) is 11.0. The molecule has 1 aromatic heterocycles. The Labute approximate surface area is 138 Å². The average molecular weight is 348 g/mol. The average Bonchev–Trinajstić information content (AvgIpc) is 2.95. The molecular formula is C16H23F3N2OS. The number of thiophene rings is 1. The maximum atomic E-state index is 12.2. The number of hydrogen-bond acceptors (Lipinski definition) is 4. The third kappa shape index (κ3) is 4.68. The zero-order valence-corrected chi connectivity index (χ0v) is 13.9. The van der Waals surface area contributed by atoms with Gasteiger partial charge in [0, 0.05) is 19.1 Å². The van der Waals surface area contributed by atoms with Gasteiger partial charge in [-0.2, -0.15) is 24.5 Å². The summed E-state index contributed by atoms with van der Waals surface area (Å²) in [5, 5.41) is 7.54. The predicted molar refractivity (Wildman–Crippen MR) is 84.5 cm³/mol. The van der Waals surface area contributed by atoms with Crippen LogP contribution in [-0.2, 0) is 11.3 Å². The van der Waals surface area contributed by atoms with Crippen LogP contribution in [0.3, 0.4) is 0 Å². The lowest BCUT2D eigenvalue weighted by atomic mass is 9.93. The fourth-order valence-electron chi connectivity index (χ4n) is 3.64. The Hall–Kier alpha value is -0.630. The van der Waals surface area contributed by atoms with Gasteiger partial charge in [-0.3, -0.25) is 4.90 Å². The van der Waals surface area contributed by atoms with Gasteiger partial charge in [0.1, 0.15) is 6.61 Å². The smallest absolute Gasteiger partial charge is 0.371 e. The van der Waals surface area contributed by atoms with Crippen LogP contribution in [0.25, 0.3) is 0 Å². The van der Waals surface area contributed by atoms with Crippen LogP contribution in [0.2, 0.25) is 0 Å². The summed E-state index contributed by atoms with van der Waals surface area (Å²) in [6.45, 7) is 2.44. The Bertz CT molecular complexity index is 486. The molecule has 23 heavy (non-hydrogen) atoms. The van der Waals surface area contributed by atoms with Crippen LogP contribution in [-0.4, -0.2) is 50.0 Å². The summed E-state index contributed by atoms with van der Waals surface area (Å²) in [7, 11) is 0. The van der Waals surface area contributed by atoms with Gasteiger partial charge in [0.25, 0.3) is 0 Å². The highest BCUT2D eigenvalue weighted by Gasteiger charge is 2.56. The fraction of sp³-hybridized carbons (Fsp3) is 0.750. The molecule has 3 rings (SSSR count). The maximum absolute atomic E-state index is 12.2. The number of hydrogen-bond donors (Lipinski definition) is 1. The highest BCUT2D eigenvalue weighted by Crippen LogP contribution is 2.55. The van der Waals surface area contributed by atoms with Crippen LogP contribution >= 0.6 is 11.3 Å². The third-order valence-corrected chi connectivity index (χ3v) is 5.67. The number of nitrogens with one attached hydrogen (secondary N) is 1. The highest BCUT2D eigenvalue weighted by atomic mass is 32.1. The van der Waals surface area contributed by atoms with Crippen LogP contribution in [0.15, 0.2) is 16.8 Å². The molecule has 1 atom stereocenters. The number of alkyl halides is 3. The lowest BCUT2D eigenvalue weighted by Gasteiger charge is -2.29. The van der Waals surface area contributed by atoms with Crippen LogP contribution in [0.5, 0.6) is 0 Å². The Morgan fingerprint density at radius 3 is 2.78 bits per heavy atom. The summed E-state index contributed by atoms with van der Waals surface area (Å²) in [5.74, 6) is 0. The molecule has 130 valence electrons. The van der Waals surface area contributed by atoms with E-state index in [-0.39, 0.29) is 6.61 Å². The molecule has 1 aliphatic heterocycles. The van der Waals surface area contributed by atoms with Gasteiger partial charge in [-0.15, -0.1) is 0 Å². The molecule has 1 aliphatic carbocycles. The summed E-state index contributed by atoms with van der Waals surface area (Å²) >= 11 is 1.66. The zero-order valence-electron chi connectivity index (χ0n) is 13.1. The first kappa shape index (κ1) is 17.2. The molecule has 1 spiro atoms. The third-order valence-electron chi connectivity index (χ3n) is 4.94. The van der Waals surface area contributed by atoms with Crippen LogP contribution < -0.4 is 5.32 Å². The molecule has 1 aromatic rings. The van der Waals surface area contributed by atoms with Crippen LogP contribution in [0.1, 0.15) is 24.8 Å². The number of nitrogens with zero attached hydrogens (tertiary/aromatic N) is 1. The van der Waals surface area contributed by atoms with Gasteiger partial charge in [-0.25, -0.2) is 0 Å². The van der Waals surface area contributed by atoms with Crippen molar-refractivity contribution in [3.05, 3.63) is 22.4 Å². The maximum Gasteiger partial charge on any atom is 0.411 e. The second-order valence-electron chi connectivity index (χ2n) is 6.60. The Morgan fingerprint density at radius 1 is 1.35 bits per heavy atom. The first-order valence-corrected chi connectivity index (χ1v) is 9.03. The lowest BCUT2D eigenvalue weighted by molar-refractivity contribution is -0.174. The summed E-state index contributed by atoms with van der Waals surface area (Å²) < 4.78 is 41.4. The van der Waals surface area contributed by atoms with Crippen LogP contribution in [0, 0.1) is 5.41 Å². The van der Waals surface area contributed by atoms with E-state index in [0.29, 0.717) is 18.0 Å². The predicted octanol–water partition coefficient (Wildman–Crippen LogP) is 3.27. The Kier molecular flexibility index (Phi) is 5.30. The van der Waals surface area contributed by atoms with Crippen molar-refractivity contribution in [2.24, 2.45) is 5.41 Å². The fourth-order valence-corrected chi connectivity index (χ4v) is 4.30. The van der Waals surface area contributed by atoms with Gasteiger partial charge >= 0.3 is 6.18 Å². The van der Waals surface area contributed by atoms with E-state index < -0.39 is 12.8 Å². The van der Waals surface area contributed by atoms with Crippen molar-refractivity contribution in [1.29, 1.82) is 0 Å². The highest BCUT2D eigenvalue weighted by molar-refractivity contribution is 7.07. The molecule has 3 nitrogen and oxygen atoms in total. The molecule has 1 N–H and O–H groups in total. The topological polar surface area (TPSA) is 24.5 Å². The number of ether oxygens (including phenoxy) is 1. The van der Waals surface area contributed by atoms with Gasteiger partial charge < -0.3 is 10.1 Å². The summed E-state index contributed by atoms with van der Waals surface area (Å²) in [6, 6.07) is 2.57. The molecular weight excluding hydrogens is 325 g/mol. The molecule has 0 bridgehead atoms. The second kappa shape index (κ2) is 7.09. The lowest BCUT2D eigenvalue weighted by Crippen LogP contribution is -2.37. The van der Waals surface area contributed by atoms with Gasteiger partial charge in [-0.05, 0) is 60.2 Å². The Balaban J connectivity index is 1.54. The van der Waals surface area contributed by atoms with Crippen molar-refractivity contribution in [1.82, 2.24) is 10.2 Å². The summed E-state index contributed by atoms with van der Waals surface area (Å²) in [4.78, 5) is 2.32. The van der Waals surface area contributed by atoms with Crippen molar-refractivity contribution in [3.63, 3.8) is 0 Å². The minimum atomic E-state index is -4.24. The minimum absolute atomic E-state index is 0.133. The number of rotatable bonds is 7. The second-order valence-corrected chi connectivity index (χ2v) is 7.38. The van der Waals surface area contributed by atoms with Gasteiger partial charge in [0.15, 0.2) is 0 Å². The molecule has 2 fully saturated rings. The molecule has 7 heteroatoms. The van der Waals surface area contributed by atoms with Gasteiger partial charge in [-0.1, -0.05) is 0 Å². The van der Waals surface area contributed by atoms with Crippen molar-refractivity contribution in [2.45, 2.75) is 38.0 Å². The normalized spacial score (nSPS) is 23.6. The van der Waals surface area contributed by atoms with Crippen molar-refractivity contribution < 1.29 is 17.9 Å². The monoisotopic (exact) mass is 348 g/mol. The largest absolute Gasteiger partial charge is 0.411 e. The van der Waals surface area contributed by atoms with E-state index in [0.717, 1.165) is 26.1 Å². The molecule has 0 unspecified atom stereocenters. The van der Waals surface area contributed by atoms with E-state index in [9.17, 15) is 13.2 Å². The van der Waals surface area contributed by atoms with Crippen molar-refractivity contribution in [2.75, 3.05) is 32.8 Å². The zero-order chi connectivity index (χ0) is 16.3. The SMILES string of the molecule is FC(F)(F)COCCN(Cc1ccsc1)[C@H]1CC12CCNCC2. The van der Waals surface area contributed by atoms with E-state index in [1.165, 1.54) is 18.4 Å².